The first kappa shape index (κ1) is 10.5. The summed E-state index contributed by atoms with van der Waals surface area (Å²) >= 11 is 5.65. The molecule has 74 valence electrons. The molecule has 0 heterocycles. The van der Waals surface area contributed by atoms with Gasteiger partial charge in [-0.3, -0.25) is 14.9 Å². The van der Waals surface area contributed by atoms with Crippen molar-refractivity contribution in [2.75, 3.05) is 0 Å². The summed E-state index contributed by atoms with van der Waals surface area (Å²) in [5.74, 6) is -0.583. The van der Waals surface area contributed by atoms with Gasteiger partial charge >= 0.3 is 5.97 Å². The van der Waals surface area contributed by atoms with Gasteiger partial charge in [0.05, 0.1) is 16.0 Å². The van der Waals surface area contributed by atoms with Gasteiger partial charge in [0.25, 0.3) is 5.69 Å². The van der Waals surface area contributed by atoms with Crippen LogP contribution in [-0.2, 0) is 4.79 Å². The highest BCUT2D eigenvalue weighted by Gasteiger charge is 2.11. The van der Waals surface area contributed by atoms with E-state index in [1.165, 1.54) is 19.1 Å². The standard InChI is InChI=1S/C8H6ClNO4/c1-5(11)14-8-4-6(10(12)13)2-3-7(8)9/h2-4H,1H3. The lowest BCUT2D eigenvalue weighted by Crippen LogP contribution is -2.02. The lowest BCUT2D eigenvalue weighted by molar-refractivity contribution is -0.384. The van der Waals surface area contributed by atoms with Crippen LogP contribution in [0, 0.1) is 10.1 Å². The Morgan fingerprint density at radius 3 is 2.71 bits per heavy atom. The molecule has 0 atom stereocenters. The molecule has 0 aromatic heterocycles. The molecule has 0 spiro atoms. The van der Waals surface area contributed by atoms with E-state index >= 15 is 0 Å². The molecule has 0 unspecified atom stereocenters. The molecule has 0 aliphatic heterocycles. The predicted octanol–water partition coefficient (Wildman–Crippen LogP) is 2.17. The summed E-state index contributed by atoms with van der Waals surface area (Å²) in [6, 6.07) is 3.64. The first-order valence-corrected chi connectivity index (χ1v) is 4.01. The highest BCUT2D eigenvalue weighted by molar-refractivity contribution is 6.32. The van der Waals surface area contributed by atoms with Crippen molar-refractivity contribution in [3.63, 3.8) is 0 Å². The van der Waals surface area contributed by atoms with Crippen LogP contribution in [0.25, 0.3) is 0 Å². The Labute approximate surface area is 84.4 Å². The number of carbonyl (C=O) groups excluding carboxylic acids is 1. The van der Waals surface area contributed by atoms with Crippen LogP contribution in [0.2, 0.25) is 5.02 Å². The van der Waals surface area contributed by atoms with Gasteiger partial charge in [0.2, 0.25) is 0 Å². The number of nitrogens with zero attached hydrogens (tertiary/aromatic N) is 1. The van der Waals surface area contributed by atoms with Gasteiger partial charge in [0.15, 0.2) is 5.75 Å². The van der Waals surface area contributed by atoms with Crippen LogP contribution in [0.5, 0.6) is 5.75 Å². The van der Waals surface area contributed by atoms with E-state index in [4.69, 9.17) is 11.6 Å². The summed E-state index contributed by atoms with van der Waals surface area (Å²) in [5, 5.41) is 10.5. The third-order valence-electron chi connectivity index (χ3n) is 1.38. The smallest absolute Gasteiger partial charge is 0.308 e. The molecule has 0 aliphatic carbocycles. The third-order valence-corrected chi connectivity index (χ3v) is 1.69. The van der Waals surface area contributed by atoms with Gasteiger partial charge in [-0.25, -0.2) is 0 Å². The number of non-ortho nitro benzene ring substituents is 1. The molecule has 0 N–H and O–H groups in total. The third kappa shape index (κ3) is 2.43. The molecule has 0 fully saturated rings. The van der Waals surface area contributed by atoms with E-state index in [1.54, 1.807) is 0 Å². The van der Waals surface area contributed by atoms with Crippen LogP contribution in [0.4, 0.5) is 5.69 Å². The summed E-state index contributed by atoms with van der Waals surface area (Å²) in [6.07, 6.45) is 0. The molecule has 5 nitrogen and oxygen atoms in total. The maximum Gasteiger partial charge on any atom is 0.308 e. The zero-order chi connectivity index (χ0) is 10.7. The quantitative estimate of drug-likeness (QED) is 0.328. The Balaban J connectivity index is 3.08. The number of nitro benzene ring substituents is 1. The molecule has 0 radical (unpaired) electrons. The summed E-state index contributed by atoms with van der Waals surface area (Å²) in [5.41, 5.74) is -0.175. The zero-order valence-electron chi connectivity index (χ0n) is 7.19. The average molecular weight is 216 g/mol. The molecule has 14 heavy (non-hydrogen) atoms. The second-order valence-corrected chi connectivity index (χ2v) is 2.87. The van der Waals surface area contributed by atoms with Crippen molar-refractivity contribution in [2.24, 2.45) is 0 Å². The van der Waals surface area contributed by atoms with Gasteiger partial charge in [0.1, 0.15) is 0 Å². The van der Waals surface area contributed by atoms with E-state index in [1.807, 2.05) is 0 Å². The van der Waals surface area contributed by atoms with Crippen molar-refractivity contribution in [3.05, 3.63) is 33.3 Å². The molecule has 0 saturated carbocycles. The summed E-state index contributed by atoms with van der Waals surface area (Å²) in [7, 11) is 0. The second-order valence-electron chi connectivity index (χ2n) is 2.47. The van der Waals surface area contributed by atoms with Crippen molar-refractivity contribution >= 4 is 23.3 Å². The van der Waals surface area contributed by atoms with Crippen LogP contribution in [0.1, 0.15) is 6.92 Å². The minimum atomic E-state index is -0.594. The number of hydrogen-bond donors (Lipinski definition) is 0. The SMILES string of the molecule is CC(=O)Oc1cc([N+](=O)[O-])ccc1Cl. The maximum absolute atomic E-state index is 10.6. The maximum atomic E-state index is 10.6. The number of halogens is 1. The first-order valence-electron chi connectivity index (χ1n) is 3.63. The number of nitro groups is 1. The Hall–Kier alpha value is -1.62. The Bertz CT molecular complexity index is 391. The monoisotopic (exact) mass is 215 g/mol. The normalized spacial score (nSPS) is 9.57. The minimum absolute atomic E-state index is 0.00614. The Morgan fingerprint density at radius 1 is 1.57 bits per heavy atom. The molecular weight excluding hydrogens is 210 g/mol. The molecule has 1 aromatic rings. The largest absolute Gasteiger partial charge is 0.425 e. The summed E-state index contributed by atoms with van der Waals surface area (Å²) in [4.78, 5) is 20.4. The lowest BCUT2D eigenvalue weighted by Gasteiger charge is -2.02. The van der Waals surface area contributed by atoms with E-state index < -0.39 is 10.9 Å². The number of rotatable bonds is 2. The lowest BCUT2D eigenvalue weighted by atomic mass is 10.3. The van der Waals surface area contributed by atoms with Crippen LogP contribution in [-0.4, -0.2) is 10.9 Å². The van der Waals surface area contributed by atoms with Crippen molar-refractivity contribution in [1.82, 2.24) is 0 Å². The van der Waals surface area contributed by atoms with Crippen LogP contribution < -0.4 is 4.74 Å². The fourth-order valence-electron chi connectivity index (χ4n) is 0.839. The minimum Gasteiger partial charge on any atom is -0.425 e. The summed E-state index contributed by atoms with van der Waals surface area (Å²) in [6.45, 7) is 1.19. The molecule has 1 aromatic carbocycles. The molecule has 1 rings (SSSR count). The van der Waals surface area contributed by atoms with Crippen molar-refractivity contribution in [1.29, 1.82) is 0 Å². The van der Waals surface area contributed by atoms with Crippen molar-refractivity contribution in [3.8, 4) is 5.75 Å². The summed E-state index contributed by atoms with van der Waals surface area (Å²) < 4.78 is 4.66. The second kappa shape index (κ2) is 4.06. The average Bonchev–Trinajstić information content (AvgIpc) is 2.07. The molecule has 6 heteroatoms. The zero-order valence-corrected chi connectivity index (χ0v) is 7.95. The van der Waals surface area contributed by atoms with Gasteiger partial charge in [0, 0.05) is 13.0 Å². The van der Waals surface area contributed by atoms with E-state index in [-0.39, 0.29) is 16.5 Å². The number of ether oxygens (including phenoxy) is 1. The van der Waals surface area contributed by atoms with Gasteiger partial charge in [-0.05, 0) is 6.07 Å². The van der Waals surface area contributed by atoms with E-state index in [0.29, 0.717) is 0 Å². The fourth-order valence-corrected chi connectivity index (χ4v) is 0.995. The van der Waals surface area contributed by atoms with Gasteiger partial charge in [-0.2, -0.15) is 0 Å². The topological polar surface area (TPSA) is 69.4 Å². The number of benzene rings is 1. The molecule has 0 saturated heterocycles. The van der Waals surface area contributed by atoms with Gasteiger partial charge in [-0.1, -0.05) is 11.6 Å². The van der Waals surface area contributed by atoms with E-state index in [2.05, 4.69) is 4.74 Å². The highest BCUT2D eigenvalue weighted by Crippen LogP contribution is 2.28. The van der Waals surface area contributed by atoms with Crippen molar-refractivity contribution < 1.29 is 14.5 Å². The van der Waals surface area contributed by atoms with E-state index in [0.717, 1.165) is 6.07 Å². The van der Waals surface area contributed by atoms with Crippen LogP contribution in [0.15, 0.2) is 18.2 Å². The molecule has 0 aliphatic rings. The van der Waals surface area contributed by atoms with Gasteiger partial charge in [-0.15, -0.1) is 0 Å². The predicted molar refractivity (Wildman–Crippen MR) is 49.4 cm³/mol. The first-order chi connectivity index (χ1) is 6.50. The van der Waals surface area contributed by atoms with Gasteiger partial charge < -0.3 is 4.74 Å². The Morgan fingerprint density at radius 2 is 2.21 bits per heavy atom. The number of hydrogen-bond acceptors (Lipinski definition) is 4. The van der Waals surface area contributed by atoms with E-state index in [9.17, 15) is 14.9 Å². The number of esters is 1. The number of carbonyl (C=O) groups is 1. The molecule has 0 bridgehead atoms. The highest BCUT2D eigenvalue weighted by atomic mass is 35.5. The Kier molecular flexibility index (Phi) is 3.03. The van der Waals surface area contributed by atoms with Crippen molar-refractivity contribution in [2.45, 2.75) is 6.92 Å². The van der Waals surface area contributed by atoms with Crippen LogP contribution >= 0.6 is 11.6 Å². The fraction of sp³-hybridized carbons (Fsp3) is 0.125. The molecule has 0 amide bonds. The molecular formula is C8H6ClNO4. The van der Waals surface area contributed by atoms with Crippen LogP contribution in [0.3, 0.4) is 0 Å².